The lowest BCUT2D eigenvalue weighted by Gasteiger charge is -2.41. The third kappa shape index (κ3) is 4.61. The topological polar surface area (TPSA) is 61.6 Å². The van der Waals surface area contributed by atoms with Crippen molar-refractivity contribution in [3.8, 4) is 0 Å². The highest BCUT2D eigenvalue weighted by atomic mass is 16.5. The number of piperazine rings is 1. The molecule has 1 fully saturated rings. The number of aromatic nitrogens is 1. The van der Waals surface area contributed by atoms with Crippen LogP contribution in [0.5, 0.6) is 0 Å². The third-order valence-corrected chi connectivity index (χ3v) is 5.75. The van der Waals surface area contributed by atoms with Gasteiger partial charge in [-0.25, -0.2) is 0 Å². The van der Waals surface area contributed by atoms with Gasteiger partial charge in [0.25, 0.3) is 0 Å². The maximum atomic E-state index is 12.6. The van der Waals surface area contributed by atoms with Crippen LogP contribution in [0.1, 0.15) is 29.9 Å². The van der Waals surface area contributed by atoms with E-state index < -0.39 is 0 Å². The van der Waals surface area contributed by atoms with Crippen molar-refractivity contribution >= 4 is 11.7 Å². The van der Waals surface area contributed by atoms with Crippen LogP contribution in [0.3, 0.4) is 0 Å². The summed E-state index contributed by atoms with van der Waals surface area (Å²) < 4.78 is 5.03. The van der Waals surface area contributed by atoms with Gasteiger partial charge in [0.2, 0.25) is 5.91 Å². The number of aryl methyl sites for hydroxylation is 1. The molecule has 6 nitrogen and oxygen atoms in total. The first-order chi connectivity index (χ1) is 14.6. The number of carbonyl (C=O) groups is 1. The largest absolute Gasteiger partial charge is 0.360 e. The zero-order valence-electron chi connectivity index (χ0n) is 17.5. The van der Waals surface area contributed by atoms with Gasteiger partial charge in [-0.2, -0.15) is 0 Å². The Morgan fingerprint density at radius 2 is 1.47 bits per heavy atom. The first kappa shape index (κ1) is 20.3. The van der Waals surface area contributed by atoms with Gasteiger partial charge in [0.1, 0.15) is 5.76 Å². The van der Waals surface area contributed by atoms with E-state index in [2.05, 4.69) is 80.9 Å². The minimum atomic E-state index is -0.226. The molecule has 2 aromatic carbocycles. The SMILES string of the molecule is Cc1cc(NC(=O)[C@H](C)N2CCN(C(c3ccccc3)c3ccccc3)CC2)no1. The number of nitrogens with one attached hydrogen (secondary N) is 1. The normalized spacial score (nSPS) is 16.5. The highest BCUT2D eigenvalue weighted by molar-refractivity contribution is 5.93. The number of benzene rings is 2. The smallest absolute Gasteiger partial charge is 0.242 e. The molecule has 4 rings (SSSR count). The zero-order chi connectivity index (χ0) is 20.9. The average molecular weight is 405 g/mol. The van der Waals surface area contributed by atoms with Gasteiger partial charge in [-0.05, 0) is 25.0 Å². The van der Waals surface area contributed by atoms with E-state index in [0.717, 1.165) is 26.2 Å². The standard InChI is InChI=1S/C24H28N4O2/c1-18-17-22(26-30-18)25-24(29)19(2)27-13-15-28(16-14-27)23(20-9-5-3-6-10-20)21-11-7-4-8-12-21/h3-12,17,19,23H,13-16H2,1-2H3,(H,25,26,29)/t19-/m0/s1. The van der Waals surface area contributed by atoms with E-state index in [1.807, 2.05) is 6.92 Å². The predicted octanol–water partition coefficient (Wildman–Crippen LogP) is 3.72. The van der Waals surface area contributed by atoms with Gasteiger partial charge in [0, 0.05) is 32.2 Å². The van der Waals surface area contributed by atoms with E-state index >= 15 is 0 Å². The fraction of sp³-hybridized carbons (Fsp3) is 0.333. The molecule has 0 saturated carbocycles. The fourth-order valence-electron chi connectivity index (χ4n) is 4.09. The summed E-state index contributed by atoms with van der Waals surface area (Å²) in [5, 5.41) is 6.70. The van der Waals surface area contributed by atoms with Crippen LogP contribution < -0.4 is 5.32 Å². The molecule has 1 saturated heterocycles. The van der Waals surface area contributed by atoms with E-state index in [4.69, 9.17) is 4.52 Å². The summed E-state index contributed by atoms with van der Waals surface area (Å²) in [6, 6.07) is 23.0. The number of carbonyl (C=O) groups excluding carboxylic acids is 1. The van der Waals surface area contributed by atoms with E-state index in [1.165, 1.54) is 11.1 Å². The summed E-state index contributed by atoms with van der Waals surface area (Å²) in [6.07, 6.45) is 0. The van der Waals surface area contributed by atoms with Gasteiger partial charge in [-0.1, -0.05) is 65.8 Å². The maximum Gasteiger partial charge on any atom is 0.242 e. The fourth-order valence-corrected chi connectivity index (χ4v) is 4.09. The van der Waals surface area contributed by atoms with Crippen LogP contribution in [0.4, 0.5) is 5.82 Å². The molecule has 1 N–H and O–H groups in total. The quantitative estimate of drug-likeness (QED) is 0.679. The molecule has 2 heterocycles. The summed E-state index contributed by atoms with van der Waals surface area (Å²) in [4.78, 5) is 17.4. The van der Waals surface area contributed by atoms with Crippen LogP contribution in [0.2, 0.25) is 0 Å². The maximum absolute atomic E-state index is 12.6. The lowest BCUT2D eigenvalue weighted by Crippen LogP contribution is -2.53. The third-order valence-electron chi connectivity index (χ3n) is 5.75. The lowest BCUT2D eigenvalue weighted by molar-refractivity contribution is -0.121. The highest BCUT2D eigenvalue weighted by Gasteiger charge is 2.30. The van der Waals surface area contributed by atoms with Crippen molar-refractivity contribution in [1.29, 1.82) is 0 Å². The summed E-state index contributed by atoms with van der Waals surface area (Å²) in [5.74, 6) is 1.09. The first-order valence-corrected chi connectivity index (χ1v) is 10.4. The van der Waals surface area contributed by atoms with Gasteiger partial charge in [-0.15, -0.1) is 0 Å². The van der Waals surface area contributed by atoms with Crippen molar-refractivity contribution in [2.24, 2.45) is 0 Å². The molecule has 0 aliphatic carbocycles. The molecular formula is C24H28N4O2. The molecule has 1 atom stereocenters. The number of nitrogens with zero attached hydrogens (tertiary/aromatic N) is 3. The van der Waals surface area contributed by atoms with E-state index in [9.17, 15) is 4.79 Å². The van der Waals surface area contributed by atoms with Gasteiger partial charge in [-0.3, -0.25) is 14.6 Å². The molecule has 1 aliphatic rings. The number of hydrogen-bond acceptors (Lipinski definition) is 5. The number of hydrogen-bond donors (Lipinski definition) is 1. The second-order valence-electron chi connectivity index (χ2n) is 7.78. The Kier molecular flexibility index (Phi) is 6.26. The Hall–Kier alpha value is -2.96. The molecule has 0 radical (unpaired) electrons. The molecule has 0 spiro atoms. The van der Waals surface area contributed by atoms with Crippen molar-refractivity contribution < 1.29 is 9.32 Å². The second-order valence-corrected chi connectivity index (χ2v) is 7.78. The molecule has 1 aliphatic heterocycles. The van der Waals surface area contributed by atoms with Crippen molar-refractivity contribution in [2.75, 3.05) is 31.5 Å². The lowest BCUT2D eigenvalue weighted by atomic mass is 9.96. The van der Waals surface area contributed by atoms with Crippen LogP contribution in [0.25, 0.3) is 0 Å². The van der Waals surface area contributed by atoms with Crippen LogP contribution >= 0.6 is 0 Å². The average Bonchev–Trinajstić information content (AvgIpc) is 3.20. The molecule has 1 aromatic heterocycles. The van der Waals surface area contributed by atoms with Crippen molar-refractivity contribution in [3.63, 3.8) is 0 Å². The number of anilines is 1. The summed E-state index contributed by atoms with van der Waals surface area (Å²) >= 11 is 0. The second kappa shape index (κ2) is 9.24. The van der Waals surface area contributed by atoms with Gasteiger partial charge in [0.05, 0.1) is 12.1 Å². The zero-order valence-corrected chi connectivity index (χ0v) is 17.5. The van der Waals surface area contributed by atoms with Crippen LogP contribution in [0, 0.1) is 6.92 Å². The van der Waals surface area contributed by atoms with Gasteiger partial charge < -0.3 is 9.84 Å². The Balaban J connectivity index is 1.42. The summed E-state index contributed by atoms with van der Waals surface area (Å²) in [6.45, 7) is 7.22. The van der Waals surface area contributed by atoms with Gasteiger partial charge in [0.15, 0.2) is 5.82 Å². The molecule has 30 heavy (non-hydrogen) atoms. The molecule has 156 valence electrons. The summed E-state index contributed by atoms with van der Waals surface area (Å²) in [7, 11) is 0. The van der Waals surface area contributed by atoms with Crippen LogP contribution in [-0.2, 0) is 4.79 Å². The van der Waals surface area contributed by atoms with E-state index in [0.29, 0.717) is 11.6 Å². The van der Waals surface area contributed by atoms with Crippen LogP contribution in [-0.4, -0.2) is 53.1 Å². The molecule has 0 unspecified atom stereocenters. The first-order valence-electron chi connectivity index (χ1n) is 10.4. The number of rotatable bonds is 6. The molecule has 0 bridgehead atoms. The van der Waals surface area contributed by atoms with Crippen molar-refractivity contribution in [3.05, 3.63) is 83.6 Å². The van der Waals surface area contributed by atoms with E-state index in [1.54, 1.807) is 13.0 Å². The minimum absolute atomic E-state index is 0.0561. The molecule has 1 amide bonds. The van der Waals surface area contributed by atoms with Crippen molar-refractivity contribution in [1.82, 2.24) is 15.0 Å². The van der Waals surface area contributed by atoms with Crippen molar-refractivity contribution in [2.45, 2.75) is 25.9 Å². The minimum Gasteiger partial charge on any atom is -0.360 e. The molecular weight excluding hydrogens is 376 g/mol. The molecule has 6 heteroatoms. The Bertz CT molecular complexity index is 910. The Morgan fingerprint density at radius 1 is 0.933 bits per heavy atom. The Labute approximate surface area is 177 Å². The molecule has 3 aromatic rings. The highest BCUT2D eigenvalue weighted by Crippen LogP contribution is 2.29. The van der Waals surface area contributed by atoms with E-state index in [-0.39, 0.29) is 18.0 Å². The Morgan fingerprint density at radius 3 is 1.97 bits per heavy atom. The summed E-state index contributed by atoms with van der Waals surface area (Å²) in [5.41, 5.74) is 2.59. The monoisotopic (exact) mass is 404 g/mol. The van der Waals surface area contributed by atoms with Gasteiger partial charge >= 0.3 is 0 Å². The predicted molar refractivity (Wildman–Crippen MR) is 117 cm³/mol. The van der Waals surface area contributed by atoms with Crippen LogP contribution in [0.15, 0.2) is 71.3 Å². The number of amides is 1.